The summed E-state index contributed by atoms with van der Waals surface area (Å²) in [6, 6.07) is 0. The average molecular weight is 184 g/mol. The maximum absolute atomic E-state index is 5.79. The van der Waals surface area contributed by atoms with Crippen LogP contribution in [-0.4, -0.2) is 24.4 Å². The fraction of sp³-hybridized carbons (Fsp3) is 1.00. The second-order valence-corrected chi connectivity index (χ2v) is 5.95. The summed E-state index contributed by atoms with van der Waals surface area (Å²) in [6.45, 7) is 10.5. The van der Waals surface area contributed by atoms with Crippen LogP contribution in [0.2, 0.25) is 0 Å². The third-order valence-electron chi connectivity index (χ3n) is 3.14. The van der Waals surface area contributed by atoms with Crippen LogP contribution >= 0.6 is 0 Å². The van der Waals surface area contributed by atoms with E-state index in [2.05, 4.69) is 27.7 Å². The Bertz CT molecular complexity index is 194. The van der Waals surface area contributed by atoms with Crippen LogP contribution in [0, 0.1) is 5.41 Å². The van der Waals surface area contributed by atoms with Gasteiger partial charge in [-0.1, -0.05) is 0 Å². The lowest BCUT2D eigenvalue weighted by Crippen LogP contribution is -2.25. The third kappa shape index (κ3) is 1.75. The van der Waals surface area contributed by atoms with Crippen LogP contribution in [0.1, 0.15) is 40.5 Å². The van der Waals surface area contributed by atoms with E-state index >= 15 is 0 Å². The summed E-state index contributed by atoms with van der Waals surface area (Å²) in [5.41, 5.74) is 0.431. The zero-order valence-electron chi connectivity index (χ0n) is 9.14. The van der Waals surface area contributed by atoms with Crippen molar-refractivity contribution in [2.75, 3.05) is 13.2 Å². The van der Waals surface area contributed by atoms with Gasteiger partial charge in [0, 0.05) is 5.41 Å². The summed E-state index contributed by atoms with van der Waals surface area (Å²) >= 11 is 0. The predicted octanol–water partition coefficient (Wildman–Crippen LogP) is 2.37. The summed E-state index contributed by atoms with van der Waals surface area (Å²) in [7, 11) is 0. The Kier molecular flexibility index (Phi) is 1.81. The second kappa shape index (κ2) is 2.48. The average Bonchev–Trinajstić information content (AvgIpc) is 2.37. The molecule has 2 rings (SSSR count). The third-order valence-corrected chi connectivity index (χ3v) is 3.14. The Morgan fingerprint density at radius 2 is 1.15 bits per heavy atom. The van der Waals surface area contributed by atoms with E-state index in [1.165, 1.54) is 0 Å². The molecule has 0 aromatic heterocycles. The van der Waals surface area contributed by atoms with Gasteiger partial charge in [-0.05, 0) is 40.5 Å². The number of hydrogen-bond donors (Lipinski definition) is 0. The van der Waals surface area contributed by atoms with Crippen LogP contribution in [0.25, 0.3) is 0 Å². The number of ether oxygens (including phenoxy) is 2. The molecule has 13 heavy (non-hydrogen) atoms. The Morgan fingerprint density at radius 1 is 0.769 bits per heavy atom. The van der Waals surface area contributed by atoms with Crippen LogP contribution < -0.4 is 0 Å². The van der Waals surface area contributed by atoms with Gasteiger partial charge in [0.25, 0.3) is 0 Å². The van der Waals surface area contributed by atoms with Gasteiger partial charge in [0.2, 0.25) is 0 Å². The van der Waals surface area contributed by atoms with Gasteiger partial charge >= 0.3 is 0 Å². The summed E-state index contributed by atoms with van der Waals surface area (Å²) in [5, 5.41) is 0. The van der Waals surface area contributed by atoms with Crippen LogP contribution in [0.15, 0.2) is 0 Å². The highest BCUT2D eigenvalue weighted by Crippen LogP contribution is 2.49. The molecule has 76 valence electrons. The van der Waals surface area contributed by atoms with E-state index in [0.717, 1.165) is 26.1 Å². The SMILES string of the molecule is CC1(C)CC2(CO1)COC(C)(C)C2. The van der Waals surface area contributed by atoms with Crippen molar-refractivity contribution in [3.8, 4) is 0 Å². The van der Waals surface area contributed by atoms with Crippen LogP contribution in [0.5, 0.6) is 0 Å². The molecule has 0 bridgehead atoms. The Labute approximate surface area is 80.6 Å². The zero-order valence-corrected chi connectivity index (χ0v) is 9.14. The molecule has 0 radical (unpaired) electrons. The maximum Gasteiger partial charge on any atom is 0.0633 e. The van der Waals surface area contributed by atoms with Crippen molar-refractivity contribution >= 4 is 0 Å². The summed E-state index contributed by atoms with van der Waals surface area (Å²) < 4.78 is 11.6. The van der Waals surface area contributed by atoms with Crippen LogP contribution in [0.3, 0.4) is 0 Å². The van der Waals surface area contributed by atoms with Crippen molar-refractivity contribution < 1.29 is 9.47 Å². The highest BCUT2D eigenvalue weighted by atomic mass is 16.5. The molecule has 2 heterocycles. The lowest BCUT2D eigenvalue weighted by molar-refractivity contribution is 0.0239. The molecule has 2 aliphatic heterocycles. The van der Waals surface area contributed by atoms with Crippen LogP contribution in [-0.2, 0) is 9.47 Å². The van der Waals surface area contributed by atoms with Gasteiger partial charge in [0.1, 0.15) is 0 Å². The minimum absolute atomic E-state index is 0.0593. The monoisotopic (exact) mass is 184 g/mol. The van der Waals surface area contributed by atoms with Gasteiger partial charge in [-0.15, -0.1) is 0 Å². The first-order valence-corrected chi connectivity index (χ1v) is 5.11. The van der Waals surface area contributed by atoms with E-state index in [1.807, 2.05) is 0 Å². The van der Waals surface area contributed by atoms with Crippen LogP contribution in [0.4, 0.5) is 0 Å². The number of rotatable bonds is 0. The van der Waals surface area contributed by atoms with Crippen molar-refractivity contribution in [2.24, 2.45) is 5.41 Å². The summed E-state index contributed by atoms with van der Waals surface area (Å²) in [5.74, 6) is 0. The van der Waals surface area contributed by atoms with E-state index in [0.29, 0.717) is 5.41 Å². The minimum atomic E-state index is 0.0593. The molecule has 1 spiro atoms. The summed E-state index contributed by atoms with van der Waals surface area (Å²) in [6.07, 6.45) is 2.28. The molecule has 0 unspecified atom stereocenters. The number of hydrogen-bond acceptors (Lipinski definition) is 2. The van der Waals surface area contributed by atoms with Crippen molar-refractivity contribution in [3.63, 3.8) is 0 Å². The quantitative estimate of drug-likeness (QED) is 0.575. The molecule has 2 saturated heterocycles. The first-order valence-electron chi connectivity index (χ1n) is 5.11. The fourth-order valence-electron chi connectivity index (χ4n) is 2.91. The Morgan fingerprint density at radius 3 is 1.38 bits per heavy atom. The van der Waals surface area contributed by atoms with Crippen molar-refractivity contribution in [1.82, 2.24) is 0 Å². The maximum atomic E-state index is 5.79. The van der Waals surface area contributed by atoms with Gasteiger partial charge in [-0.25, -0.2) is 0 Å². The summed E-state index contributed by atoms with van der Waals surface area (Å²) in [4.78, 5) is 0. The van der Waals surface area contributed by atoms with Gasteiger partial charge in [-0.2, -0.15) is 0 Å². The smallest absolute Gasteiger partial charge is 0.0633 e. The van der Waals surface area contributed by atoms with Gasteiger partial charge in [0.05, 0.1) is 24.4 Å². The molecule has 2 heteroatoms. The van der Waals surface area contributed by atoms with Crippen molar-refractivity contribution in [3.05, 3.63) is 0 Å². The highest BCUT2D eigenvalue weighted by molar-refractivity contribution is 5.00. The van der Waals surface area contributed by atoms with E-state index in [9.17, 15) is 0 Å². The zero-order chi connectivity index (χ0) is 9.74. The van der Waals surface area contributed by atoms with Gasteiger partial charge < -0.3 is 9.47 Å². The van der Waals surface area contributed by atoms with Crippen molar-refractivity contribution in [1.29, 1.82) is 0 Å². The predicted molar refractivity (Wildman–Crippen MR) is 51.7 cm³/mol. The molecule has 0 saturated carbocycles. The fourth-order valence-corrected chi connectivity index (χ4v) is 2.91. The molecule has 0 aromatic rings. The second-order valence-electron chi connectivity index (χ2n) is 5.95. The largest absolute Gasteiger partial charge is 0.375 e. The lowest BCUT2D eigenvalue weighted by atomic mass is 9.78. The minimum Gasteiger partial charge on any atom is -0.375 e. The van der Waals surface area contributed by atoms with E-state index in [1.54, 1.807) is 0 Å². The Hall–Kier alpha value is -0.0800. The molecule has 0 N–H and O–H groups in total. The van der Waals surface area contributed by atoms with Gasteiger partial charge in [0.15, 0.2) is 0 Å². The lowest BCUT2D eigenvalue weighted by Gasteiger charge is -2.22. The molecule has 0 amide bonds. The molecular weight excluding hydrogens is 164 g/mol. The standard InChI is InChI=1S/C11H20O2/c1-9(2)5-11(7-12-9)6-10(3,4)13-8-11/h5-8H2,1-4H3. The molecule has 2 fully saturated rings. The molecule has 0 aliphatic carbocycles. The first kappa shape index (κ1) is 9.47. The Balaban J connectivity index is 2.10. The highest BCUT2D eigenvalue weighted by Gasteiger charge is 2.51. The van der Waals surface area contributed by atoms with Gasteiger partial charge in [-0.3, -0.25) is 0 Å². The molecule has 0 atom stereocenters. The van der Waals surface area contributed by atoms with E-state index in [4.69, 9.17) is 9.47 Å². The molecule has 0 aromatic carbocycles. The molecular formula is C11H20O2. The molecule has 2 nitrogen and oxygen atoms in total. The van der Waals surface area contributed by atoms with E-state index in [-0.39, 0.29) is 11.2 Å². The van der Waals surface area contributed by atoms with E-state index < -0.39 is 0 Å². The first-order chi connectivity index (χ1) is 5.83. The normalized spacial score (nSPS) is 34.2. The van der Waals surface area contributed by atoms with Crippen molar-refractivity contribution in [2.45, 2.75) is 51.7 Å². The topological polar surface area (TPSA) is 18.5 Å². The molecule has 2 aliphatic rings.